The summed E-state index contributed by atoms with van der Waals surface area (Å²) in [4.78, 5) is 13.7. The minimum Gasteiger partial charge on any atom is -0.469 e. The minimum atomic E-state index is -4.47. The largest absolute Gasteiger partial charge is 0.469 e. The van der Waals surface area contributed by atoms with Gasteiger partial charge in [-0.25, -0.2) is 4.39 Å². The number of ether oxygens (including phenoxy) is 1. The Morgan fingerprint density at radius 2 is 1.42 bits per heavy atom. The van der Waals surface area contributed by atoms with E-state index in [0.717, 1.165) is 37.0 Å². The van der Waals surface area contributed by atoms with E-state index in [-0.39, 0.29) is 40.4 Å². The molecule has 3 unspecified atom stereocenters. The van der Waals surface area contributed by atoms with E-state index in [4.69, 9.17) is 13.8 Å². The Morgan fingerprint density at radius 1 is 0.895 bits per heavy atom. The first-order chi connectivity index (χ1) is 17.8. The minimum absolute atomic E-state index is 0.0233. The molecule has 2 aliphatic rings. The van der Waals surface area contributed by atoms with E-state index in [9.17, 15) is 26.0 Å². The van der Waals surface area contributed by atoms with E-state index in [0.29, 0.717) is 6.04 Å². The highest BCUT2D eigenvalue weighted by atomic mass is 32.2. The third kappa shape index (κ3) is 5.59. The van der Waals surface area contributed by atoms with Gasteiger partial charge < -0.3 is 4.74 Å². The summed E-state index contributed by atoms with van der Waals surface area (Å²) in [5.41, 5.74) is 1.05. The molecule has 0 amide bonds. The van der Waals surface area contributed by atoms with Crippen molar-refractivity contribution >= 4 is 37.0 Å². The van der Waals surface area contributed by atoms with Crippen LogP contribution in [0.2, 0.25) is 0 Å². The van der Waals surface area contributed by atoms with Crippen LogP contribution in [-0.4, -0.2) is 63.1 Å². The number of benzene rings is 3. The van der Waals surface area contributed by atoms with E-state index < -0.39 is 30.0 Å². The molecule has 2 heterocycles. The van der Waals surface area contributed by atoms with Crippen LogP contribution in [0.15, 0.2) is 70.5 Å². The first-order valence-electron chi connectivity index (χ1n) is 11.8. The maximum atomic E-state index is 13.1. The van der Waals surface area contributed by atoms with Gasteiger partial charge in [0.15, 0.2) is 0 Å². The fourth-order valence-electron chi connectivity index (χ4n) is 5.68. The van der Waals surface area contributed by atoms with Crippen LogP contribution in [-0.2, 0) is 29.8 Å². The highest BCUT2D eigenvalue weighted by Gasteiger charge is 2.49. The van der Waals surface area contributed by atoms with Gasteiger partial charge in [-0.15, -0.1) is 0 Å². The molecule has 9 nitrogen and oxygen atoms in total. The van der Waals surface area contributed by atoms with Crippen molar-refractivity contribution in [2.45, 2.75) is 47.1 Å². The molecule has 204 valence electrons. The number of carbonyl (C=O) groups excluding carboxylic acids is 1. The number of halogens is 1. The number of hydrogen-bond donors (Lipinski definition) is 2. The molecule has 4 atom stereocenters. The van der Waals surface area contributed by atoms with E-state index in [1.165, 1.54) is 43.5 Å². The van der Waals surface area contributed by atoms with Gasteiger partial charge >= 0.3 is 5.97 Å². The van der Waals surface area contributed by atoms with Crippen LogP contribution in [0.4, 0.5) is 4.39 Å². The first-order valence-corrected chi connectivity index (χ1v) is 14.7. The van der Waals surface area contributed by atoms with E-state index in [2.05, 4.69) is 11.9 Å². The molecule has 0 aromatic heterocycles. The summed E-state index contributed by atoms with van der Waals surface area (Å²) in [6, 6.07) is 14.9. The number of esters is 1. The predicted molar refractivity (Wildman–Crippen MR) is 137 cm³/mol. The average Bonchev–Trinajstić information content (AvgIpc) is 3.09. The number of methoxy groups -OCH3 is 1. The number of hydrogen-bond acceptors (Lipinski definition) is 7. The van der Waals surface area contributed by atoms with Crippen molar-refractivity contribution in [3.8, 4) is 0 Å². The van der Waals surface area contributed by atoms with Crippen LogP contribution in [0.1, 0.15) is 30.7 Å². The summed E-state index contributed by atoms with van der Waals surface area (Å²) in [5, 5.41) is 0.0465. The molecule has 3 aromatic rings. The Hall–Kier alpha value is -2.90. The van der Waals surface area contributed by atoms with Crippen LogP contribution in [0.25, 0.3) is 10.8 Å². The second-order valence-electron chi connectivity index (χ2n) is 9.46. The summed E-state index contributed by atoms with van der Waals surface area (Å²) in [5.74, 6) is -0.387. The molecule has 38 heavy (non-hydrogen) atoms. The quantitative estimate of drug-likeness (QED) is 0.356. The maximum absolute atomic E-state index is 13.1. The van der Waals surface area contributed by atoms with Gasteiger partial charge in [0.1, 0.15) is 15.6 Å². The number of piperidine rings is 1. The van der Waals surface area contributed by atoms with E-state index >= 15 is 0 Å². The van der Waals surface area contributed by atoms with Crippen LogP contribution in [0, 0.1) is 11.7 Å². The molecule has 2 saturated heterocycles. The van der Waals surface area contributed by atoms with Gasteiger partial charge in [0.05, 0.1) is 13.0 Å². The van der Waals surface area contributed by atoms with Gasteiger partial charge in [0, 0.05) is 28.8 Å². The van der Waals surface area contributed by atoms with Crippen molar-refractivity contribution < 1.29 is 39.9 Å². The maximum Gasteiger partial charge on any atom is 0.310 e. The van der Waals surface area contributed by atoms with Gasteiger partial charge in [-0.2, -0.15) is 16.8 Å². The van der Waals surface area contributed by atoms with Crippen molar-refractivity contribution in [2.75, 3.05) is 14.2 Å². The molecule has 12 heteroatoms. The lowest BCUT2D eigenvalue weighted by atomic mass is 9.76. The van der Waals surface area contributed by atoms with Crippen molar-refractivity contribution in [3.05, 3.63) is 72.0 Å². The molecule has 2 fully saturated rings. The zero-order chi connectivity index (χ0) is 27.8. The summed E-state index contributed by atoms with van der Waals surface area (Å²) in [7, 11) is -5.39. The van der Waals surface area contributed by atoms with Gasteiger partial charge in [0.2, 0.25) is 0 Å². The number of carbonyl (C=O) groups is 1. The first kappa shape index (κ1) is 28.1. The Balaban J connectivity index is 0.000000178. The fourth-order valence-corrected chi connectivity index (χ4v) is 7.09. The van der Waals surface area contributed by atoms with Gasteiger partial charge in [0.25, 0.3) is 20.2 Å². The molecule has 0 radical (unpaired) electrons. The van der Waals surface area contributed by atoms with Crippen LogP contribution in [0.3, 0.4) is 0 Å². The van der Waals surface area contributed by atoms with E-state index in [1.54, 1.807) is 12.1 Å². The lowest BCUT2D eigenvalue weighted by molar-refractivity contribution is -0.150. The average molecular weight is 566 g/mol. The molecule has 0 aliphatic carbocycles. The SMILES string of the molecule is COC(=O)C1C(c2ccc(F)cc2)CC2CC[C@H]1N2C.O=S(=O)(O)c1cccc2c(S(=O)(=O)O)cccc12. The molecule has 0 spiro atoms. The number of fused-ring (bicyclic) bond motifs is 3. The van der Waals surface area contributed by atoms with Crippen LogP contribution >= 0.6 is 0 Å². The highest BCUT2D eigenvalue weighted by Crippen LogP contribution is 2.46. The molecule has 2 N–H and O–H groups in total. The topological polar surface area (TPSA) is 138 Å². The van der Waals surface area contributed by atoms with Crippen molar-refractivity contribution in [2.24, 2.45) is 5.92 Å². The standard InChI is InChI=1S/C16H20FNO2.C10H8O6S2/c1-18-12-7-8-14(18)15(16(19)20-2)13(9-12)10-3-5-11(17)6-4-10;11-17(12,13)9-5-1-3-7-8(9)4-2-6-10(7)18(14,15)16/h3-6,12-15H,7-9H2,1-2H3;1-6H,(H,11,12,13)(H,14,15,16)/t12?,13?,14-,15?;/m1./s1. The van der Waals surface area contributed by atoms with Crippen molar-refractivity contribution in [1.82, 2.24) is 4.90 Å². The zero-order valence-electron chi connectivity index (χ0n) is 20.7. The van der Waals surface area contributed by atoms with Gasteiger partial charge in [-0.05, 0) is 56.1 Å². The Bertz CT molecular complexity index is 1490. The second kappa shape index (κ2) is 10.7. The van der Waals surface area contributed by atoms with E-state index in [1.807, 2.05) is 0 Å². The lowest BCUT2D eigenvalue weighted by Crippen LogP contribution is -2.49. The lowest BCUT2D eigenvalue weighted by Gasteiger charge is -2.41. The third-order valence-corrected chi connectivity index (χ3v) is 9.26. The molecule has 5 rings (SSSR count). The predicted octanol–water partition coefficient (Wildman–Crippen LogP) is 3.90. The molecule has 2 bridgehead atoms. The Morgan fingerprint density at radius 3 is 1.89 bits per heavy atom. The van der Waals surface area contributed by atoms with Gasteiger partial charge in [-0.1, -0.05) is 36.4 Å². The second-order valence-corrected chi connectivity index (χ2v) is 12.2. The Kier molecular flexibility index (Phi) is 7.91. The molecule has 0 saturated carbocycles. The summed E-state index contributed by atoms with van der Waals surface area (Å²) >= 11 is 0. The summed E-state index contributed by atoms with van der Waals surface area (Å²) in [6.45, 7) is 0. The summed E-state index contributed by atoms with van der Waals surface area (Å²) < 4.78 is 80.8. The summed E-state index contributed by atoms with van der Waals surface area (Å²) in [6.07, 6.45) is 3.11. The zero-order valence-corrected chi connectivity index (χ0v) is 22.3. The Labute approximate surface area is 220 Å². The number of nitrogens with zero attached hydrogens (tertiary/aromatic N) is 1. The fraction of sp³-hybridized carbons (Fsp3) is 0.346. The molecular weight excluding hydrogens is 537 g/mol. The monoisotopic (exact) mass is 565 g/mol. The normalized spacial score (nSPS) is 23.5. The molecule has 3 aromatic carbocycles. The van der Waals surface area contributed by atoms with Crippen molar-refractivity contribution in [1.29, 1.82) is 0 Å². The van der Waals surface area contributed by atoms with Crippen molar-refractivity contribution in [3.63, 3.8) is 0 Å². The third-order valence-electron chi connectivity index (χ3n) is 7.44. The highest BCUT2D eigenvalue weighted by molar-refractivity contribution is 7.86. The van der Waals surface area contributed by atoms with Crippen LogP contribution < -0.4 is 0 Å². The molecule has 2 aliphatic heterocycles. The molecular formula is C26H28FNO8S2. The van der Waals surface area contributed by atoms with Crippen LogP contribution in [0.5, 0.6) is 0 Å². The van der Waals surface area contributed by atoms with Gasteiger partial charge in [-0.3, -0.25) is 18.8 Å². The smallest absolute Gasteiger partial charge is 0.310 e. The number of rotatable bonds is 4.